The van der Waals surface area contributed by atoms with E-state index >= 15 is 0 Å². The Morgan fingerprint density at radius 3 is 2.60 bits per heavy atom. The monoisotopic (exact) mass is 142 g/mol. The molecule has 0 unspecified atom stereocenters. The molecule has 0 rings (SSSR count). The largest absolute Gasteiger partial charge is 0.309 e. The summed E-state index contributed by atoms with van der Waals surface area (Å²) >= 11 is 0. The van der Waals surface area contributed by atoms with Gasteiger partial charge in [0.15, 0.2) is 0 Å². The first-order chi connectivity index (χ1) is 4.77. The molecular formula is C8H18N2. The third kappa shape index (κ3) is 7.63. The third-order valence-electron chi connectivity index (χ3n) is 1.20. The van der Waals surface area contributed by atoms with Gasteiger partial charge in [0.1, 0.15) is 0 Å². The predicted molar refractivity (Wildman–Crippen MR) is 46.8 cm³/mol. The van der Waals surface area contributed by atoms with Gasteiger partial charge in [-0.2, -0.15) is 0 Å². The highest BCUT2D eigenvalue weighted by molar-refractivity contribution is 5.56. The summed E-state index contributed by atoms with van der Waals surface area (Å²) < 4.78 is 0. The minimum Gasteiger partial charge on any atom is -0.309 e. The molecule has 0 aromatic rings. The molecule has 2 heteroatoms. The van der Waals surface area contributed by atoms with Crippen LogP contribution in [0.3, 0.4) is 0 Å². The van der Waals surface area contributed by atoms with Crippen molar-refractivity contribution in [3.63, 3.8) is 0 Å². The van der Waals surface area contributed by atoms with Crippen molar-refractivity contribution in [3.8, 4) is 0 Å². The lowest BCUT2D eigenvalue weighted by molar-refractivity contribution is 0.403. The molecule has 0 aliphatic heterocycles. The second-order valence-corrected chi connectivity index (χ2v) is 2.65. The molecule has 0 amide bonds. The van der Waals surface area contributed by atoms with Gasteiger partial charge in [0.2, 0.25) is 0 Å². The molecule has 0 aliphatic carbocycles. The molecule has 0 N–H and O–H groups in total. The Balaban J connectivity index is 2.97. The Labute approximate surface area is 63.9 Å². The van der Waals surface area contributed by atoms with E-state index in [-0.39, 0.29) is 0 Å². The highest BCUT2D eigenvalue weighted by atomic mass is 15.0. The normalized spacial score (nSPS) is 11.6. The van der Waals surface area contributed by atoms with Crippen LogP contribution in [0.15, 0.2) is 4.99 Å². The molecule has 2 nitrogen and oxygen atoms in total. The highest BCUT2D eigenvalue weighted by Gasteiger charge is 1.86. The van der Waals surface area contributed by atoms with Crippen LogP contribution in [0.2, 0.25) is 0 Å². The van der Waals surface area contributed by atoms with Crippen LogP contribution in [-0.2, 0) is 0 Å². The van der Waals surface area contributed by atoms with E-state index in [2.05, 4.69) is 30.9 Å². The topological polar surface area (TPSA) is 15.6 Å². The fourth-order valence-corrected chi connectivity index (χ4v) is 0.699. The van der Waals surface area contributed by atoms with E-state index in [9.17, 15) is 0 Å². The Morgan fingerprint density at radius 1 is 1.40 bits per heavy atom. The van der Waals surface area contributed by atoms with Crippen LogP contribution < -0.4 is 0 Å². The number of hydrogen-bond donors (Lipinski definition) is 0. The standard InChI is InChI=1S/C8H18N2/c1-4-6-9-7-5-8-10(2)3/h6H,4-5,7-8H2,1-3H3. The zero-order valence-electron chi connectivity index (χ0n) is 7.30. The van der Waals surface area contributed by atoms with Gasteiger partial charge in [0.25, 0.3) is 0 Å². The van der Waals surface area contributed by atoms with Crippen molar-refractivity contribution in [2.24, 2.45) is 4.99 Å². The van der Waals surface area contributed by atoms with Crippen LogP contribution in [0, 0.1) is 0 Å². The van der Waals surface area contributed by atoms with E-state index in [1.54, 1.807) is 0 Å². The van der Waals surface area contributed by atoms with Gasteiger partial charge >= 0.3 is 0 Å². The Kier molecular flexibility index (Phi) is 6.50. The lowest BCUT2D eigenvalue weighted by Crippen LogP contribution is -2.13. The molecule has 10 heavy (non-hydrogen) atoms. The Bertz CT molecular complexity index is 87.3. The summed E-state index contributed by atoms with van der Waals surface area (Å²) in [6.07, 6.45) is 4.21. The molecular weight excluding hydrogens is 124 g/mol. The van der Waals surface area contributed by atoms with E-state index < -0.39 is 0 Å². The zero-order chi connectivity index (χ0) is 7.82. The smallest absolute Gasteiger partial charge is 0.0397 e. The quantitative estimate of drug-likeness (QED) is 0.418. The van der Waals surface area contributed by atoms with Gasteiger partial charge in [0.05, 0.1) is 0 Å². The molecule has 0 spiro atoms. The van der Waals surface area contributed by atoms with Crippen LogP contribution >= 0.6 is 0 Å². The van der Waals surface area contributed by atoms with Crippen LogP contribution in [-0.4, -0.2) is 38.3 Å². The second kappa shape index (κ2) is 6.75. The van der Waals surface area contributed by atoms with Gasteiger partial charge in [-0.05, 0) is 39.7 Å². The molecule has 0 heterocycles. The average Bonchev–Trinajstić information content (AvgIpc) is 1.87. The fourth-order valence-electron chi connectivity index (χ4n) is 0.699. The van der Waals surface area contributed by atoms with Gasteiger partial charge in [-0.15, -0.1) is 0 Å². The maximum atomic E-state index is 4.21. The van der Waals surface area contributed by atoms with Crippen molar-refractivity contribution in [1.29, 1.82) is 0 Å². The van der Waals surface area contributed by atoms with Crippen LogP contribution in [0.5, 0.6) is 0 Å². The van der Waals surface area contributed by atoms with Gasteiger partial charge < -0.3 is 4.90 Å². The van der Waals surface area contributed by atoms with E-state index in [0.717, 1.165) is 19.5 Å². The molecule has 0 aromatic carbocycles. The first kappa shape index (κ1) is 9.63. The number of hydrogen-bond acceptors (Lipinski definition) is 2. The summed E-state index contributed by atoms with van der Waals surface area (Å²) in [6.45, 7) is 4.22. The molecule has 0 aromatic heterocycles. The van der Waals surface area contributed by atoms with Crippen molar-refractivity contribution < 1.29 is 0 Å². The average molecular weight is 142 g/mol. The molecule has 0 bridgehead atoms. The lowest BCUT2D eigenvalue weighted by atomic mass is 10.4. The van der Waals surface area contributed by atoms with E-state index in [1.165, 1.54) is 6.42 Å². The minimum absolute atomic E-state index is 0.978. The third-order valence-corrected chi connectivity index (χ3v) is 1.20. The summed E-state index contributed by atoms with van der Waals surface area (Å²) in [7, 11) is 4.17. The molecule has 0 atom stereocenters. The van der Waals surface area contributed by atoms with Crippen LogP contribution in [0.1, 0.15) is 19.8 Å². The number of rotatable bonds is 5. The summed E-state index contributed by atoms with van der Waals surface area (Å²) in [5.74, 6) is 0. The highest BCUT2D eigenvalue weighted by Crippen LogP contribution is 1.83. The summed E-state index contributed by atoms with van der Waals surface area (Å²) in [4.78, 5) is 6.39. The minimum atomic E-state index is 0.978. The molecule has 0 saturated carbocycles. The predicted octanol–water partition coefficient (Wildman–Crippen LogP) is 1.42. The van der Waals surface area contributed by atoms with Crippen molar-refractivity contribution in [1.82, 2.24) is 4.90 Å². The molecule has 0 aliphatic rings. The first-order valence-corrected chi connectivity index (χ1v) is 3.90. The maximum Gasteiger partial charge on any atom is 0.0397 e. The van der Waals surface area contributed by atoms with Crippen LogP contribution in [0.4, 0.5) is 0 Å². The van der Waals surface area contributed by atoms with E-state index in [0.29, 0.717) is 0 Å². The van der Waals surface area contributed by atoms with Crippen LogP contribution in [0.25, 0.3) is 0 Å². The molecule has 0 saturated heterocycles. The van der Waals surface area contributed by atoms with Gasteiger partial charge in [-0.25, -0.2) is 0 Å². The number of aliphatic imine (C=N–C) groups is 1. The zero-order valence-corrected chi connectivity index (χ0v) is 7.30. The fraction of sp³-hybridized carbons (Fsp3) is 0.875. The Morgan fingerprint density at radius 2 is 2.10 bits per heavy atom. The van der Waals surface area contributed by atoms with Gasteiger partial charge in [-0.1, -0.05) is 6.92 Å². The molecule has 0 fully saturated rings. The summed E-state index contributed by atoms with van der Waals surface area (Å²) in [5.41, 5.74) is 0. The van der Waals surface area contributed by atoms with E-state index in [4.69, 9.17) is 0 Å². The van der Waals surface area contributed by atoms with Crippen molar-refractivity contribution in [3.05, 3.63) is 0 Å². The van der Waals surface area contributed by atoms with Crippen molar-refractivity contribution in [2.45, 2.75) is 19.8 Å². The maximum absolute atomic E-state index is 4.21. The van der Waals surface area contributed by atoms with Gasteiger partial charge in [0, 0.05) is 6.54 Å². The summed E-state index contributed by atoms with van der Waals surface area (Å²) in [6, 6.07) is 0. The molecule has 0 radical (unpaired) electrons. The summed E-state index contributed by atoms with van der Waals surface area (Å²) in [5, 5.41) is 0. The first-order valence-electron chi connectivity index (χ1n) is 3.90. The Hall–Kier alpha value is -0.370. The van der Waals surface area contributed by atoms with Crippen molar-refractivity contribution in [2.75, 3.05) is 27.2 Å². The van der Waals surface area contributed by atoms with E-state index in [1.807, 2.05) is 6.21 Å². The SMILES string of the molecule is CCC=NCCCN(C)C. The number of nitrogens with zero attached hydrogens (tertiary/aromatic N) is 2. The molecule has 60 valence electrons. The van der Waals surface area contributed by atoms with Crippen molar-refractivity contribution >= 4 is 6.21 Å². The second-order valence-electron chi connectivity index (χ2n) is 2.65. The lowest BCUT2D eigenvalue weighted by Gasteiger charge is -2.06. The van der Waals surface area contributed by atoms with Gasteiger partial charge in [-0.3, -0.25) is 4.99 Å².